The first-order valence-electron chi connectivity index (χ1n) is 11.8. The Balaban J connectivity index is 0.000000384. The van der Waals surface area contributed by atoms with Crippen LogP contribution < -0.4 is 10.2 Å². The average Bonchev–Trinajstić information content (AvgIpc) is 3.27. The molecule has 0 saturated heterocycles. The molecule has 3 heterocycles. The van der Waals surface area contributed by atoms with Crippen LogP contribution in [0.25, 0.3) is 22.3 Å². The number of rotatable bonds is 5. The second kappa shape index (κ2) is 11.2. The molecule has 9 nitrogen and oxygen atoms in total. The van der Waals surface area contributed by atoms with E-state index in [1.165, 1.54) is 24.5 Å². The first-order chi connectivity index (χ1) is 17.4. The maximum absolute atomic E-state index is 12.9. The molecule has 186 valence electrons. The maximum atomic E-state index is 12.9. The summed E-state index contributed by atoms with van der Waals surface area (Å²) in [6.07, 6.45) is -0.290. The number of hydrogen-bond donors (Lipinski definition) is 2. The zero-order valence-electron chi connectivity index (χ0n) is 20.4. The number of hydrogen-bond acceptors (Lipinski definition) is 7. The first-order valence-corrected chi connectivity index (χ1v) is 12.3. The quantitative estimate of drug-likeness (QED) is 0.280. The smallest absolute Gasteiger partial charge is 0.295 e. The third-order valence-corrected chi connectivity index (χ3v) is 6.14. The summed E-state index contributed by atoms with van der Waals surface area (Å²) in [5, 5.41) is 8.51. The van der Waals surface area contributed by atoms with Crippen LogP contribution in [0.2, 0.25) is 0 Å². The Morgan fingerprint density at radius 3 is 2.42 bits per heavy atom. The van der Waals surface area contributed by atoms with Gasteiger partial charge >= 0.3 is 0 Å². The predicted octanol–water partition coefficient (Wildman–Crippen LogP) is 5.30. The average molecular weight is 505 g/mol. The van der Waals surface area contributed by atoms with Gasteiger partial charge in [-0.1, -0.05) is 62.3 Å². The minimum atomic E-state index is -0.380. The van der Waals surface area contributed by atoms with Crippen molar-refractivity contribution in [3.8, 4) is 11.5 Å². The molecular weight excluding hydrogens is 476 g/mol. The summed E-state index contributed by atoms with van der Waals surface area (Å²) < 4.78 is 4.90. The van der Waals surface area contributed by atoms with E-state index in [1.807, 2.05) is 30.3 Å². The molecule has 4 aromatic rings. The Morgan fingerprint density at radius 2 is 1.75 bits per heavy atom. The van der Waals surface area contributed by atoms with Crippen molar-refractivity contribution in [2.45, 2.75) is 27.2 Å². The number of fused-ring (bicyclic) bond motifs is 3. The fourth-order valence-electron chi connectivity index (χ4n) is 4.05. The molecule has 2 aromatic heterocycles. The molecule has 0 saturated carbocycles. The van der Waals surface area contributed by atoms with Crippen molar-refractivity contribution < 1.29 is 14.1 Å². The highest BCUT2D eigenvalue weighted by molar-refractivity contribution is 7.71. The number of carbonyl (C=O) groups excluding carboxylic acids is 2. The van der Waals surface area contributed by atoms with Crippen molar-refractivity contribution in [2.24, 2.45) is 0 Å². The Morgan fingerprint density at radius 1 is 1.00 bits per heavy atom. The molecule has 2 aromatic carbocycles. The second-order valence-corrected chi connectivity index (χ2v) is 8.45. The van der Waals surface area contributed by atoms with Crippen LogP contribution in [0.3, 0.4) is 0 Å². The summed E-state index contributed by atoms with van der Waals surface area (Å²) in [5.41, 5.74) is 1.59. The standard InChI is InChI=1S/C20H13N5O3S.C6H15N/c26-16-10-17(27)25(14-9-8-11-4-1-2-5-12(11)18(14)22-16)15-7-3-6-13(21-15)19-23-20(29)28-24-19;1-4-7(5-2)6-3/h1-9H,10H2,(H,22,26)(H,23,24,29);4-6H2,1-3H3. The van der Waals surface area contributed by atoms with E-state index in [0.29, 0.717) is 28.7 Å². The van der Waals surface area contributed by atoms with E-state index in [-0.39, 0.29) is 23.1 Å². The molecule has 0 aliphatic carbocycles. The second-order valence-electron chi connectivity index (χ2n) is 8.08. The molecule has 5 rings (SSSR count). The molecule has 10 heteroatoms. The van der Waals surface area contributed by atoms with Gasteiger partial charge in [-0.05, 0) is 55.4 Å². The van der Waals surface area contributed by atoms with Crippen molar-refractivity contribution in [2.75, 3.05) is 29.9 Å². The van der Waals surface area contributed by atoms with Crippen LogP contribution in [0.4, 0.5) is 17.2 Å². The number of pyridine rings is 1. The predicted molar refractivity (Wildman–Crippen MR) is 143 cm³/mol. The van der Waals surface area contributed by atoms with E-state index in [4.69, 9.17) is 16.7 Å². The highest BCUT2D eigenvalue weighted by Crippen LogP contribution is 2.39. The SMILES string of the molecule is CCN(CC)CC.O=C1CC(=O)N(c2cccc(-c3noc(=S)[nH]3)n2)c2ccc3ccccc3c2N1. The Bertz CT molecular complexity index is 1440. The first kappa shape index (κ1) is 25.2. The van der Waals surface area contributed by atoms with E-state index in [2.05, 4.69) is 46.1 Å². The van der Waals surface area contributed by atoms with E-state index < -0.39 is 0 Å². The van der Waals surface area contributed by atoms with Gasteiger partial charge in [0.05, 0.1) is 11.4 Å². The molecule has 2 N–H and O–H groups in total. The molecule has 0 unspecified atom stereocenters. The van der Waals surface area contributed by atoms with Crippen molar-refractivity contribution >= 4 is 52.0 Å². The van der Waals surface area contributed by atoms with Crippen molar-refractivity contribution in [3.05, 3.63) is 59.4 Å². The molecule has 0 spiro atoms. The molecule has 1 aliphatic rings. The molecule has 2 amide bonds. The molecule has 36 heavy (non-hydrogen) atoms. The van der Waals surface area contributed by atoms with Crippen LogP contribution in [-0.2, 0) is 9.59 Å². The van der Waals surface area contributed by atoms with Gasteiger partial charge in [-0.25, -0.2) is 4.98 Å². The Labute approximate surface area is 214 Å². The number of aromatic nitrogens is 3. The van der Waals surface area contributed by atoms with Gasteiger partial charge in [0.25, 0.3) is 4.84 Å². The fraction of sp³-hybridized carbons (Fsp3) is 0.269. The van der Waals surface area contributed by atoms with Gasteiger partial charge in [0.1, 0.15) is 17.9 Å². The number of H-pyrrole nitrogens is 1. The lowest BCUT2D eigenvalue weighted by Gasteiger charge is -2.22. The number of nitrogens with one attached hydrogen (secondary N) is 2. The van der Waals surface area contributed by atoms with E-state index in [0.717, 1.165) is 10.8 Å². The lowest BCUT2D eigenvalue weighted by atomic mass is 10.1. The van der Waals surface area contributed by atoms with Gasteiger partial charge in [0.15, 0.2) is 5.82 Å². The van der Waals surface area contributed by atoms with Crippen molar-refractivity contribution in [1.82, 2.24) is 20.0 Å². The molecular formula is C26H28N6O3S. The zero-order valence-corrected chi connectivity index (χ0v) is 21.3. The van der Waals surface area contributed by atoms with Crippen molar-refractivity contribution in [1.29, 1.82) is 0 Å². The monoisotopic (exact) mass is 504 g/mol. The maximum Gasteiger partial charge on any atom is 0.295 e. The minimum Gasteiger partial charge on any atom is -0.324 e. The van der Waals surface area contributed by atoms with Crippen LogP contribution >= 0.6 is 12.2 Å². The summed E-state index contributed by atoms with van der Waals surface area (Å²) >= 11 is 4.91. The Hall–Kier alpha value is -3.89. The van der Waals surface area contributed by atoms with Gasteiger partial charge in [0.2, 0.25) is 11.8 Å². The van der Waals surface area contributed by atoms with Crippen LogP contribution in [0.1, 0.15) is 27.2 Å². The number of nitrogens with zero attached hydrogens (tertiary/aromatic N) is 4. The van der Waals surface area contributed by atoms with Gasteiger partial charge < -0.3 is 14.7 Å². The van der Waals surface area contributed by atoms with Crippen molar-refractivity contribution in [3.63, 3.8) is 0 Å². The number of amides is 2. The van der Waals surface area contributed by atoms with E-state index in [1.54, 1.807) is 24.3 Å². The largest absolute Gasteiger partial charge is 0.324 e. The summed E-state index contributed by atoms with van der Waals surface area (Å²) in [6.45, 7) is 10.1. The lowest BCUT2D eigenvalue weighted by molar-refractivity contribution is -0.124. The molecule has 0 atom stereocenters. The number of carbonyl (C=O) groups is 2. The van der Waals surface area contributed by atoms with E-state index >= 15 is 0 Å². The summed E-state index contributed by atoms with van der Waals surface area (Å²) in [5.74, 6) is -0.0315. The van der Waals surface area contributed by atoms with Crippen LogP contribution in [0.5, 0.6) is 0 Å². The topological polar surface area (TPSA) is 107 Å². The third kappa shape index (κ3) is 5.34. The highest BCUT2D eigenvalue weighted by atomic mass is 32.1. The third-order valence-electron chi connectivity index (χ3n) is 5.96. The van der Waals surface area contributed by atoms with Crippen LogP contribution in [-0.4, -0.2) is 51.5 Å². The Kier molecular flexibility index (Phi) is 7.87. The number of anilines is 3. The van der Waals surface area contributed by atoms with E-state index in [9.17, 15) is 9.59 Å². The molecule has 0 radical (unpaired) electrons. The fourth-order valence-corrected chi connectivity index (χ4v) is 4.19. The van der Waals surface area contributed by atoms with Gasteiger partial charge in [-0.15, -0.1) is 0 Å². The molecule has 0 fully saturated rings. The zero-order chi connectivity index (χ0) is 25.7. The van der Waals surface area contributed by atoms with Gasteiger partial charge in [-0.2, -0.15) is 0 Å². The molecule has 0 bridgehead atoms. The summed E-state index contributed by atoms with van der Waals surface area (Å²) in [6, 6.07) is 16.5. The van der Waals surface area contributed by atoms with Crippen LogP contribution in [0, 0.1) is 4.84 Å². The highest BCUT2D eigenvalue weighted by Gasteiger charge is 2.29. The lowest BCUT2D eigenvalue weighted by Crippen LogP contribution is -2.27. The minimum absolute atomic E-state index is 0.129. The number of benzene rings is 2. The van der Waals surface area contributed by atoms with Gasteiger partial charge in [-0.3, -0.25) is 19.5 Å². The summed E-state index contributed by atoms with van der Waals surface area (Å²) in [4.78, 5) is 36.6. The molecule has 1 aliphatic heterocycles. The van der Waals surface area contributed by atoms with Gasteiger partial charge in [0, 0.05) is 5.39 Å². The summed E-state index contributed by atoms with van der Waals surface area (Å²) in [7, 11) is 0. The van der Waals surface area contributed by atoms with Crippen LogP contribution in [0.15, 0.2) is 59.1 Å². The normalized spacial score (nSPS) is 13.2. The number of aromatic amines is 1.